The maximum absolute atomic E-state index is 11.9. The highest BCUT2D eigenvalue weighted by molar-refractivity contribution is 5.88. The Bertz CT molecular complexity index is 747. The van der Waals surface area contributed by atoms with Gasteiger partial charge in [-0.1, -0.05) is 48.5 Å². The average molecular weight is 305 g/mol. The number of fused-ring (bicyclic) bond motifs is 1. The first kappa shape index (κ1) is 15.1. The van der Waals surface area contributed by atoms with Crippen molar-refractivity contribution < 1.29 is 9.53 Å². The van der Waals surface area contributed by atoms with Gasteiger partial charge in [-0.05, 0) is 36.3 Å². The van der Waals surface area contributed by atoms with E-state index in [2.05, 4.69) is 11.4 Å². The summed E-state index contributed by atoms with van der Waals surface area (Å²) in [5.74, 6) is 0.770. The van der Waals surface area contributed by atoms with Crippen LogP contribution in [0.1, 0.15) is 18.1 Å². The van der Waals surface area contributed by atoms with Gasteiger partial charge in [-0.2, -0.15) is 0 Å². The summed E-state index contributed by atoms with van der Waals surface area (Å²) < 4.78 is 5.85. The van der Waals surface area contributed by atoms with Crippen molar-refractivity contribution in [3.05, 3.63) is 83.4 Å². The van der Waals surface area contributed by atoms with Crippen LogP contribution in [0.15, 0.2) is 72.3 Å². The van der Waals surface area contributed by atoms with Crippen molar-refractivity contribution in [3.8, 4) is 5.75 Å². The lowest BCUT2D eigenvalue weighted by molar-refractivity contribution is -0.116. The van der Waals surface area contributed by atoms with Gasteiger partial charge in [0.25, 0.3) is 0 Å². The van der Waals surface area contributed by atoms with E-state index in [1.54, 1.807) is 6.08 Å². The zero-order valence-electron chi connectivity index (χ0n) is 13.0. The van der Waals surface area contributed by atoms with Crippen LogP contribution in [0.5, 0.6) is 5.75 Å². The van der Waals surface area contributed by atoms with E-state index in [0.29, 0.717) is 6.54 Å². The van der Waals surface area contributed by atoms with E-state index >= 15 is 0 Å². The van der Waals surface area contributed by atoms with E-state index in [0.717, 1.165) is 22.4 Å². The van der Waals surface area contributed by atoms with Crippen LogP contribution < -0.4 is 10.1 Å². The molecule has 1 aliphatic rings. The van der Waals surface area contributed by atoms with E-state index in [-0.39, 0.29) is 12.0 Å². The van der Waals surface area contributed by atoms with E-state index in [9.17, 15) is 4.79 Å². The maximum Gasteiger partial charge on any atom is 0.244 e. The summed E-state index contributed by atoms with van der Waals surface area (Å²) in [6, 6.07) is 17.7. The molecule has 1 atom stereocenters. The number of carbonyl (C=O) groups excluding carboxylic acids is 1. The van der Waals surface area contributed by atoms with Crippen LogP contribution in [0, 0.1) is 0 Å². The zero-order valence-corrected chi connectivity index (χ0v) is 13.0. The molecule has 116 valence electrons. The average Bonchev–Trinajstić information content (AvgIpc) is 2.59. The van der Waals surface area contributed by atoms with Crippen molar-refractivity contribution in [2.75, 3.05) is 0 Å². The molecule has 0 radical (unpaired) electrons. The smallest absolute Gasteiger partial charge is 0.244 e. The van der Waals surface area contributed by atoms with Gasteiger partial charge in [0.05, 0.1) is 0 Å². The van der Waals surface area contributed by atoms with Crippen molar-refractivity contribution >= 4 is 12.0 Å². The topological polar surface area (TPSA) is 38.3 Å². The number of nitrogens with one attached hydrogen (secondary N) is 1. The Morgan fingerprint density at radius 3 is 2.70 bits per heavy atom. The molecule has 3 nitrogen and oxygen atoms in total. The Kier molecular flexibility index (Phi) is 4.57. The van der Waals surface area contributed by atoms with Crippen LogP contribution in [0.3, 0.4) is 0 Å². The van der Waals surface area contributed by atoms with Gasteiger partial charge in [0, 0.05) is 18.2 Å². The highest BCUT2D eigenvalue weighted by Gasteiger charge is 2.16. The number of para-hydroxylation sites is 1. The number of carbonyl (C=O) groups is 1. The van der Waals surface area contributed by atoms with Gasteiger partial charge >= 0.3 is 0 Å². The zero-order chi connectivity index (χ0) is 16.1. The molecule has 3 heteroatoms. The van der Waals surface area contributed by atoms with Gasteiger partial charge in [-0.15, -0.1) is 0 Å². The van der Waals surface area contributed by atoms with Gasteiger partial charge in [0.2, 0.25) is 5.91 Å². The number of hydrogen-bond acceptors (Lipinski definition) is 2. The predicted molar refractivity (Wildman–Crippen MR) is 91.9 cm³/mol. The van der Waals surface area contributed by atoms with Crippen LogP contribution in [0.25, 0.3) is 6.08 Å². The fraction of sp³-hybridized carbons (Fsp3) is 0.150. The van der Waals surface area contributed by atoms with Crippen LogP contribution in [0.4, 0.5) is 0 Å². The third-order valence-electron chi connectivity index (χ3n) is 3.75. The standard InChI is InChI=1S/C20H19NO2/c1-15-17(13-18-9-5-6-10-19(18)23-15)11-12-20(22)21-14-16-7-3-2-4-8-16/h2-13,15H,14H2,1H3,(H,21,22). The Labute approximate surface area is 136 Å². The van der Waals surface area contributed by atoms with Crippen molar-refractivity contribution in [2.45, 2.75) is 19.6 Å². The summed E-state index contributed by atoms with van der Waals surface area (Å²) in [6.45, 7) is 2.51. The Balaban J connectivity index is 1.63. The van der Waals surface area contributed by atoms with Crippen LogP contribution >= 0.6 is 0 Å². The molecule has 0 saturated carbocycles. The number of rotatable bonds is 4. The first-order valence-corrected chi connectivity index (χ1v) is 7.69. The molecule has 1 unspecified atom stereocenters. The number of ether oxygens (including phenoxy) is 1. The predicted octanol–water partition coefficient (Wildman–Crippen LogP) is 3.72. The summed E-state index contributed by atoms with van der Waals surface area (Å²) in [7, 11) is 0. The maximum atomic E-state index is 11.9. The lowest BCUT2D eigenvalue weighted by Gasteiger charge is -2.22. The summed E-state index contributed by atoms with van der Waals surface area (Å²) >= 11 is 0. The Morgan fingerprint density at radius 1 is 1.13 bits per heavy atom. The second-order valence-corrected chi connectivity index (χ2v) is 5.48. The monoisotopic (exact) mass is 305 g/mol. The molecule has 2 aromatic rings. The third-order valence-corrected chi connectivity index (χ3v) is 3.75. The lowest BCUT2D eigenvalue weighted by Crippen LogP contribution is -2.21. The molecule has 23 heavy (non-hydrogen) atoms. The third kappa shape index (κ3) is 3.89. The van der Waals surface area contributed by atoms with Crippen molar-refractivity contribution in [1.29, 1.82) is 0 Å². The summed E-state index contributed by atoms with van der Waals surface area (Å²) in [5, 5.41) is 2.88. The molecule has 3 rings (SSSR count). The van der Waals surface area contributed by atoms with Gasteiger partial charge in [-0.25, -0.2) is 0 Å². The second-order valence-electron chi connectivity index (χ2n) is 5.48. The van der Waals surface area contributed by atoms with E-state index in [4.69, 9.17) is 4.74 Å². The highest BCUT2D eigenvalue weighted by atomic mass is 16.5. The minimum Gasteiger partial charge on any atom is -0.485 e. The van der Waals surface area contributed by atoms with E-state index < -0.39 is 0 Å². The molecule has 2 aromatic carbocycles. The summed E-state index contributed by atoms with van der Waals surface area (Å²) in [4.78, 5) is 11.9. The van der Waals surface area contributed by atoms with Gasteiger partial charge in [0.1, 0.15) is 11.9 Å². The van der Waals surface area contributed by atoms with Crippen molar-refractivity contribution in [2.24, 2.45) is 0 Å². The highest BCUT2D eigenvalue weighted by Crippen LogP contribution is 2.29. The normalized spacial score (nSPS) is 16.4. The van der Waals surface area contributed by atoms with E-state index in [1.165, 1.54) is 0 Å². The molecule has 0 fully saturated rings. The first-order chi connectivity index (χ1) is 11.2. The fourth-order valence-corrected chi connectivity index (χ4v) is 2.46. The van der Waals surface area contributed by atoms with Crippen LogP contribution in [-0.2, 0) is 11.3 Å². The van der Waals surface area contributed by atoms with Gasteiger partial charge in [-0.3, -0.25) is 4.79 Å². The SMILES string of the molecule is CC1Oc2ccccc2C=C1C=CC(=O)NCc1ccccc1. The molecular formula is C20H19NO2. The number of hydrogen-bond donors (Lipinski definition) is 1. The van der Waals surface area contributed by atoms with Gasteiger partial charge < -0.3 is 10.1 Å². The molecule has 1 N–H and O–H groups in total. The minimum absolute atomic E-state index is 0.0666. The van der Waals surface area contributed by atoms with Crippen LogP contribution in [-0.4, -0.2) is 12.0 Å². The molecule has 0 aliphatic carbocycles. The Hall–Kier alpha value is -2.81. The molecule has 1 aliphatic heterocycles. The molecular weight excluding hydrogens is 286 g/mol. The molecule has 0 bridgehead atoms. The molecule has 0 saturated heterocycles. The van der Waals surface area contributed by atoms with Crippen LogP contribution in [0.2, 0.25) is 0 Å². The van der Waals surface area contributed by atoms with Crippen molar-refractivity contribution in [3.63, 3.8) is 0 Å². The number of benzene rings is 2. The summed E-state index contributed by atoms with van der Waals surface area (Å²) in [5.41, 5.74) is 3.10. The molecule has 0 spiro atoms. The molecule has 1 amide bonds. The van der Waals surface area contributed by atoms with Gasteiger partial charge in [0.15, 0.2) is 0 Å². The van der Waals surface area contributed by atoms with E-state index in [1.807, 2.05) is 67.6 Å². The quantitative estimate of drug-likeness (QED) is 0.874. The Morgan fingerprint density at radius 2 is 1.87 bits per heavy atom. The molecule has 1 heterocycles. The number of amides is 1. The first-order valence-electron chi connectivity index (χ1n) is 7.69. The summed E-state index contributed by atoms with van der Waals surface area (Å²) in [6.07, 6.45) is 5.37. The lowest BCUT2D eigenvalue weighted by atomic mass is 10.0. The fourth-order valence-electron chi connectivity index (χ4n) is 2.46. The minimum atomic E-state index is -0.110. The van der Waals surface area contributed by atoms with Crippen molar-refractivity contribution in [1.82, 2.24) is 5.32 Å². The second kappa shape index (κ2) is 6.97. The largest absolute Gasteiger partial charge is 0.485 e. The molecule has 0 aromatic heterocycles.